The number of aliphatic hydroxyl groups excluding tert-OH is 1. The number of hydrogen-bond acceptors (Lipinski definition) is 3. The first-order chi connectivity index (χ1) is 9.66. The zero-order valence-corrected chi connectivity index (χ0v) is 12.2. The number of aliphatic hydroxyl groups is 1. The summed E-state index contributed by atoms with van der Waals surface area (Å²) in [6, 6.07) is 10.8. The average molecular weight is 333 g/mol. The number of carbonyl (C=O) groups is 1. The van der Waals surface area contributed by atoms with E-state index in [1.54, 1.807) is 18.3 Å². The van der Waals surface area contributed by atoms with Crippen molar-refractivity contribution >= 4 is 21.8 Å². The van der Waals surface area contributed by atoms with Gasteiger partial charge in [0.15, 0.2) is 0 Å². The molecule has 1 aromatic carbocycles. The van der Waals surface area contributed by atoms with E-state index in [2.05, 4.69) is 26.2 Å². The molecule has 0 bridgehead atoms. The molecule has 20 heavy (non-hydrogen) atoms. The fourth-order valence-corrected chi connectivity index (χ4v) is 2.95. The van der Waals surface area contributed by atoms with Crippen molar-refractivity contribution in [3.05, 3.63) is 63.9 Å². The van der Waals surface area contributed by atoms with Gasteiger partial charge in [0.05, 0.1) is 17.7 Å². The van der Waals surface area contributed by atoms with E-state index in [9.17, 15) is 9.90 Å². The summed E-state index contributed by atoms with van der Waals surface area (Å²) in [4.78, 5) is 16.3. The van der Waals surface area contributed by atoms with E-state index in [1.165, 1.54) is 0 Å². The van der Waals surface area contributed by atoms with E-state index >= 15 is 0 Å². The average Bonchev–Trinajstić information content (AvgIpc) is 2.76. The van der Waals surface area contributed by atoms with Gasteiger partial charge in [-0.3, -0.25) is 4.79 Å². The first kappa shape index (κ1) is 13.3. The van der Waals surface area contributed by atoms with Crippen LogP contribution in [0.15, 0.2) is 47.2 Å². The van der Waals surface area contributed by atoms with Crippen molar-refractivity contribution in [2.75, 3.05) is 0 Å². The molecule has 2 N–H and O–H groups in total. The van der Waals surface area contributed by atoms with Gasteiger partial charge in [-0.1, -0.05) is 24.3 Å². The van der Waals surface area contributed by atoms with Crippen LogP contribution in [0.5, 0.6) is 0 Å². The molecular formula is C15H13BrN2O2. The summed E-state index contributed by atoms with van der Waals surface area (Å²) in [6.07, 6.45) is 1.59. The summed E-state index contributed by atoms with van der Waals surface area (Å²) in [6.45, 7) is 0. The molecule has 2 aromatic rings. The zero-order valence-electron chi connectivity index (χ0n) is 10.6. The molecule has 3 rings (SSSR count). The van der Waals surface area contributed by atoms with Gasteiger partial charge < -0.3 is 10.4 Å². The third-order valence-electron chi connectivity index (χ3n) is 3.49. The highest BCUT2D eigenvalue weighted by Gasteiger charge is 2.32. The predicted molar refractivity (Wildman–Crippen MR) is 78.3 cm³/mol. The van der Waals surface area contributed by atoms with E-state index in [-0.39, 0.29) is 11.9 Å². The Bertz CT molecular complexity index is 660. The van der Waals surface area contributed by atoms with Crippen LogP contribution in [0, 0.1) is 0 Å². The second-order valence-electron chi connectivity index (χ2n) is 4.76. The van der Waals surface area contributed by atoms with Crippen molar-refractivity contribution in [2.45, 2.75) is 18.6 Å². The lowest BCUT2D eigenvalue weighted by Crippen LogP contribution is -2.34. The predicted octanol–water partition coefficient (Wildman–Crippen LogP) is 2.23. The molecule has 0 radical (unpaired) electrons. The number of hydrogen-bond donors (Lipinski definition) is 2. The molecule has 5 heteroatoms. The first-order valence-electron chi connectivity index (χ1n) is 6.34. The van der Waals surface area contributed by atoms with Gasteiger partial charge in [-0.05, 0) is 39.2 Å². The number of fused-ring (bicyclic) bond motifs is 1. The largest absolute Gasteiger partial charge is 0.390 e. The lowest BCUT2D eigenvalue weighted by Gasteiger charge is -2.18. The Morgan fingerprint density at radius 1 is 1.30 bits per heavy atom. The molecule has 2 atom stereocenters. The smallest absolute Gasteiger partial charge is 0.254 e. The van der Waals surface area contributed by atoms with Crippen molar-refractivity contribution in [1.29, 1.82) is 0 Å². The maximum atomic E-state index is 12.3. The number of rotatable bonds is 2. The molecule has 0 saturated heterocycles. The van der Waals surface area contributed by atoms with Crippen LogP contribution >= 0.6 is 15.9 Å². The zero-order chi connectivity index (χ0) is 14.1. The third-order valence-corrected chi connectivity index (χ3v) is 4.13. The lowest BCUT2D eigenvalue weighted by atomic mass is 10.1. The Morgan fingerprint density at radius 2 is 2.10 bits per heavy atom. The quantitative estimate of drug-likeness (QED) is 0.829. The maximum absolute atomic E-state index is 12.3. The molecule has 4 nitrogen and oxygen atoms in total. The van der Waals surface area contributed by atoms with Crippen LogP contribution in [0.2, 0.25) is 0 Å². The third kappa shape index (κ3) is 2.34. The molecule has 1 amide bonds. The standard InChI is InChI=1S/C15H13BrN2O2/c16-14-11(6-3-7-17-14)15(20)18-13-10-5-2-1-4-9(10)8-12(13)19/h1-7,12-13,19H,8H2,(H,18,20)/t12-,13+/m0/s1. The highest BCUT2D eigenvalue weighted by atomic mass is 79.9. The molecule has 0 saturated carbocycles. The van der Waals surface area contributed by atoms with Gasteiger partial charge >= 0.3 is 0 Å². The number of pyridine rings is 1. The molecule has 0 spiro atoms. The van der Waals surface area contributed by atoms with Gasteiger partial charge in [0.1, 0.15) is 4.60 Å². The van der Waals surface area contributed by atoms with Crippen LogP contribution in [0.1, 0.15) is 27.5 Å². The van der Waals surface area contributed by atoms with Gasteiger partial charge in [0.25, 0.3) is 5.91 Å². The van der Waals surface area contributed by atoms with Crippen molar-refractivity contribution in [1.82, 2.24) is 10.3 Å². The number of amides is 1. The molecule has 0 fully saturated rings. The minimum Gasteiger partial charge on any atom is -0.390 e. The van der Waals surface area contributed by atoms with E-state index < -0.39 is 6.10 Å². The number of nitrogens with one attached hydrogen (secondary N) is 1. The van der Waals surface area contributed by atoms with Crippen LogP contribution in [0.25, 0.3) is 0 Å². The van der Waals surface area contributed by atoms with Gasteiger partial charge in [-0.25, -0.2) is 4.98 Å². The number of aromatic nitrogens is 1. The molecular weight excluding hydrogens is 320 g/mol. The number of halogens is 1. The Hall–Kier alpha value is -1.72. The maximum Gasteiger partial charge on any atom is 0.254 e. The Morgan fingerprint density at radius 3 is 2.90 bits per heavy atom. The van der Waals surface area contributed by atoms with E-state index in [0.29, 0.717) is 16.6 Å². The second-order valence-corrected chi connectivity index (χ2v) is 5.51. The number of benzene rings is 1. The minimum absolute atomic E-state index is 0.245. The van der Waals surface area contributed by atoms with Crippen molar-refractivity contribution in [2.24, 2.45) is 0 Å². The minimum atomic E-state index is -0.591. The Balaban J connectivity index is 1.85. The summed E-state index contributed by atoms with van der Waals surface area (Å²) in [5.74, 6) is -0.245. The number of nitrogens with zero attached hydrogens (tertiary/aromatic N) is 1. The molecule has 102 valence electrons. The van der Waals surface area contributed by atoms with Crippen molar-refractivity contribution < 1.29 is 9.90 Å². The molecule has 1 aliphatic rings. The van der Waals surface area contributed by atoms with Gasteiger partial charge in [-0.15, -0.1) is 0 Å². The summed E-state index contributed by atoms with van der Waals surface area (Å²) < 4.78 is 0.498. The topological polar surface area (TPSA) is 62.2 Å². The molecule has 1 aliphatic carbocycles. The Labute approximate surface area is 125 Å². The van der Waals surface area contributed by atoms with Crippen LogP contribution < -0.4 is 5.32 Å². The van der Waals surface area contributed by atoms with Crippen LogP contribution in [-0.4, -0.2) is 22.1 Å². The highest BCUT2D eigenvalue weighted by Crippen LogP contribution is 2.31. The van der Waals surface area contributed by atoms with E-state index in [0.717, 1.165) is 11.1 Å². The normalized spacial score (nSPS) is 20.5. The monoisotopic (exact) mass is 332 g/mol. The number of carbonyl (C=O) groups excluding carboxylic acids is 1. The lowest BCUT2D eigenvalue weighted by molar-refractivity contribution is 0.0857. The Kier molecular flexibility index (Phi) is 3.54. The summed E-state index contributed by atoms with van der Waals surface area (Å²) >= 11 is 3.26. The fraction of sp³-hybridized carbons (Fsp3) is 0.200. The highest BCUT2D eigenvalue weighted by molar-refractivity contribution is 9.10. The van der Waals surface area contributed by atoms with Crippen LogP contribution in [0.4, 0.5) is 0 Å². The second kappa shape index (κ2) is 5.34. The summed E-state index contributed by atoms with van der Waals surface area (Å²) in [7, 11) is 0. The SMILES string of the molecule is O=C(N[C@@H]1c2ccccc2C[C@@H]1O)c1cccnc1Br. The molecule has 0 aliphatic heterocycles. The van der Waals surface area contributed by atoms with Crippen LogP contribution in [-0.2, 0) is 6.42 Å². The molecule has 1 heterocycles. The van der Waals surface area contributed by atoms with E-state index in [4.69, 9.17) is 0 Å². The summed E-state index contributed by atoms with van der Waals surface area (Å²) in [5.41, 5.74) is 2.52. The fourth-order valence-electron chi connectivity index (χ4n) is 2.52. The van der Waals surface area contributed by atoms with Gasteiger partial charge in [-0.2, -0.15) is 0 Å². The summed E-state index contributed by atoms with van der Waals surface area (Å²) in [5, 5.41) is 13.0. The van der Waals surface area contributed by atoms with Gasteiger partial charge in [0.2, 0.25) is 0 Å². The molecule has 1 aromatic heterocycles. The first-order valence-corrected chi connectivity index (χ1v) is 7.13. The van der Waals surface area contributed by atoms with Crippen LogP contribution in [0.3, 0.4) is 0 Å². The van der Waals surface area contributed by atoms with Crippen molar-refractivity contribution in [3.8, 4) is 0 Å². The molecule has 0 unspecified atom stereocenters. The van der Waals surface area contributed by atoms with E-state index in [1.807, 2.05) is 24.3 Å². The van der Waals surface area contributed by atoms with Gasteiger partial charge in [0, 0.05) is 12.6 Å². The van der Waals surface area contributed by atoms with Crippen molar-refractivity contribution in [3.63, 3.8) is 0 Å².